The summed E-state index contributed by atoms with van der Waals surface area (Å²) in [6.07, 6.45) is 1.89. The van der Waals surface area contributed by atoms with Crippen molar-refractivity contribution in [2.45, 2.75) is 39.8 Å². The third-order valence-electron chi connectivity index (χ3n) is 3.18. The zero-order chi connectivity index (χ0) is 13.1. The molecule has 0 spiro atoms. The minimum absolute atomic E-state index is 0.441. The second-order valence-electron chi connectivity index (χ2n) is 5.06. The molecule has 0 atom stereocenters. The first-order chi connectivity index (χ1) is 8.61. The second-order valence-corrected chi connectivity index (χ2v) is 5.06. The summed E-state index contributed by atoms with van der Waals surface area (Å²) in [5, 5.41) is 4.46. The van der Waals surface area contributed by atoms with Crippen LogP contribution >= 0.6 is 0 Å². The number of aryl methyl sites for hydroxylation is 1. The maximum absolute atomic E-state index is 5.76. The average molecular weight is 243 g/mol. The summed E-state index contributed by atoms with van der Waals surface area (Å²) < 4.78 is 2.07. The van der Waals surface area contributed by atoms with Gasteiger partial charge in [0.1, 0.15) is 0 Å². The summed E-state index contributed by atoms with van der Waals surface area (Å²) in [6.45, 7) is 7.84. The van der Waals surface area contributed by atoms with Crippen molar-refractivity contribution < 1.29 is 0 Å². The SMILES string of the molecule is Cc1ccc(Cn2ncc(CN)c2C(C)C)cc1. The molecule has 3 heteroatoms. The van der Waals surface area contributed by atoms with Crippen molar-refractivity contribution in [3.8, 4) is 0 Å². The topological polar surface area (TPSA) is 43.8 Å². The van der Waals surface area contributed by atoms with E-state index < -0.39 is 0 Å². The van der Waals surface area contributed by atoms with Gasteiger partial charge in [-0.15, -0.1) is 0 Å². The quantitative estimate of drug-likeness (QED) is 0.897. The Morgan fingerprint density at radius 2 is 1.89 bits per heavy atom. The fourth-order valence-corrected chi connectivity index (χ4v) is 2.25. The van der Waals surface area contributed by atoms with Crippen LogP contribution in [-0.2, 0) is 13.1 Å². The highest BCUT2D eigenvalue weighted by Gasteiger charge is 2.13. The van der Waals surface area contributed by atoms with Gasteiger partial charge in [0.2, 0.25) is 0 Å². The maximum atomic E-state index is 5.76. The first-order valence-corrected chi connectivity index (χ1v) is 6.42. The molecule has 0 fully saturated rings. The van der Waals surface area contributed by atoms with Crippen LogP contribution < -0.4 is 5.73 Å². The van der Waals surface area contributed by atoms with Gasteiger partial charge in [0.15, 0.2) is 0 Å². The molecular weight excluding hydrogens is 222 g/mol. The summed E-state index contributed by atoms with van der Waals surface area (Å²) in [6, 6.07) is 8.59. The van der Waals surface area contributed by atoms with Crippen molar-refractivity contribution in [3.63, 3.8) is 0 Å². The maximum Gasteiger partial charge on any atom is 0.0662 e. The molecule has 0 unspecified atom stereocenters. The number of rotatable bonds is 4. The van der Waals surface area contributed by atoms with Gasteiger partial charge < -0.3 is 5.73 Å². The molecule has 0 saturated heterocycles. The molecule has 0 aliphatic heterocycles. The highest BCUT2D eigenvalue weighted by atomic mass is 15.3. The van der Waals surface area contributed by atoms with Gasteiger partial charge in [0.05, 0.1) is 12.7 Å². The standard InChI is InChI=1S/C15H21N3/c1-11(2)15-14(8-16)9-17-18(15)10-13-6-4-12(3)5-7-13/h4-7,9,11H,8,10,16H2,1-3H3. The number of nitrogens with two attached hydrogens (primary N) is 1. The van der Waals surface area contributed by atoms with Crippen LogP contribution in [0.4, 0.5) is 0 Å². The number of aromatic nitrogens is 2. The molecule has 96 valence electrons. The molecule has 2 aromatic rings. The molecule has 0 bridgehead atoms. The Kier molecular flexibility index (Phi) is 3.82. The lowest BCUT2D eigenvalue weighted by Crippen LogP contribution is -2.10. The van der Waals surface area contributed by atoms with Gasteiger partial charge >= 0.3 is 0 Å². The zero-order valence-corrected chi connectivity index (χ0v) is 11.4. The Balaban J connectivity index is 2.28. The largest absolute Gasteiger partial charge is 0.326 e. The monoisotopic (exact) mass is 243 g/mol. The van der Waals surface area contributed by atoms with E-state index >= 15 is 0 Å². The summed E-state index contributed by atoms with van der Waals surface area (Å²) >= 11 is 0. The van der Waals surface area contributed by atoms with Crippen molar-refractivity contribution in [2.24, 2.45) is 5.73 Å². The lowest BCUT2D eigenvalue weighted by molar-refractivity contribution is 0.614. The van der Waals surface area contributed by atoms with E-state index in [0.717, 1.165) is 12.1 Å². The number of benzene rings is 1. The summed E-state index contributed by atoms with van der Waals surface area (Å²) in [4.78, 5) is 0. The summed E-state index contributed by atoms with van der Waals surface area (Å²) in [5.41, 5.74) is 10.7. The predicted octanol–water partition coefficient (Wildman–Crippen LogP) is 2.82. The number of hydrogen-bond donors (Lipinski definition) is 1. The van der Waals surface area contributed by atoms with Crippen molar-refractivity contribution in [1.29, 1.82) is 0 Å². The van der Waals surface area contributed by atoms with E-state index in [1.807, 2.05) is 6.20 Å². The smallest absolute Gasteiger partial charge is 0.0662 e. The minimum atomic E-state index is 0.441. The van der Waals surface area contributed by atoms with Crippen LogP contribution in [0.1, 0.15) is 42.1 Å². The number of nitrogens with zero attached hydrogens (tertiary/aromatic N) is 2. The Morgan fingerprint density at radius 3 is 2.44 bits per heavy atom. The molecule has 1 heterocycles. The molecule has 0 aliphatic rings. The molecular formula is C15H21N3. The van der Waals surface area contributed by atoms with E-state index in [0.29, 0.717) is 12.5 Å². The zero-order valence-electron chi connectivity index (χ0n) is 11.4. The van der Waals surface area contributed by atoms with Gasteiger partial charge in [-0.1, -0.05) is 43.7 Å². The Morgan fingerprint density at radius 1 is 1.22 bits per heavy atom. The summed E-state index contributed by atoms with van der Waals surface area (Å²) in [7, 11) is 0. The molecule has 2 rings (SSSR count). The van der Waals surface area contributed by atoms with Crippen molar-refractivity contribution in [2.75, 3.05) is 0 Å². The first kappa shape index (κ1) is 12.8. The van der Waals surface area contributed by atoms with E-state index in [9.17, 15) is 0 Å². The van der Waals surface area contributed by atoms with Crippen LogP contribution in [0.15, 0.2) is 30.5 Å². The fourth-order valence-electron chi connectivity index (χ4n) is 2.25. The van der Waals surface area contributed by atoms with Crippen LogP contribution in [0.5, 0.6) is 0 Å². The second kappa shape index (κ2) is 5.36. The molecule has 1 aromatic heterocycles. The molecule has 0 amide bonds. The Labute approximate surface area is 109 Å². The molecule has 2 N–H and O–H groups in total. The Hall–Kier alpha value is -1.61. The molecule has 3 nitrogen and oxygen atoms in total. The van der Waals surface area contributed by atoms with E-state index in [-0.39, 0.29) is 0 Å². The Bertz CT molecular complexity index is 509. The molecule has 1 aromatic carbocycles. The molecule has 18 heavy (non-hydrogen) atoms. The van der Waals surface area contributed by atoms with Crippen LogP contribution in [0.25, 0.3) is 0 Å². The first-order valence-electron chi connectivity index (χ1n) is 6.42. The minimum Gasteiger partial charge on any atom is -0.326 e. The van der Waals surface area contributed by atoms with Gasteiger partial charge in [-0.3, -0.25) is 4.68 Å². The summed E-state index contributed by atoms with van der Waals surface area (Å²) in [5.74, 6) is 0.441. The average Bonchev–Trinajstić information content (AvgIpc) is 2.75. The van der Waals surface area contributed by atoms with Crippen molar-refractivity contribution in [1.82, 2.24) is 9.78 Å². The molecule has 0 aliphatic carbocycles. The van der Waals surface area contributed by atoms with Gasteiger partial charge in [0, 0.05) is 17.8 Å². The van der Waals surface area contributed by atoms with Gasteiger partial charge in [0.25, 0.3) is 0 Å². The van der Waals surface area contributed by atoms with E-state index in [1.54, 1.807) is 0 Å². The van der Waals surface area contributed by atoms with E-state index in [1.165, 1.54) is 16.8 Å². The van der Waals surface area contributed by atoms with E-state index in [4.69, 9.17) is 5.73 Å². The van der Waals surface area contributed by atoms with Crippen LogP contribution in [0.3, 0.4) is 0 Å². The number of hydrogen-bond acceptors (Lipinski definition) is 2. The van der Waals surface area contributed by atoms with Crippen molar-refractivity contribution in [3.05, 3.63) is 52.8 Å². The van der Waals surface area contributed by atoms with Crippen LogP contribution in [0.2, 0.25) is 0 Å². The lowest BCUT2D eigenvalue weighted by atomic mass is 10.1. The van der Waals surface area contributed by atoms with Crippen molar-refractivity contribution >= 4 is 0 Å². The van der Waals surface area contributed by atoms with Gasteiger partial charge in [-0.2, -0.15) is 5.10 Å². The molecule has 0 saturated carbocycles. The highest BCUT2D eigenvalue weighted by Crippen LogP contribution is 2.20. The third-order valence-corrected chi connectivity index (χ3v) is 3.18. The van der Waals surface area contributed by atoms with Crippen LogP contribution in [-0.4, -0.2) is 9.78 Å². The predicted molar refractivity (Wildman–Crippen MR) is 74.5 cm³/mol. The van der Waals surface area contributed by atoms with Gasteiger partial charge in [-0.05, 0) is 18.4 Å². The van der Waals surface area contributed by atoms with E-state index in [2.05, 4.69) is 54.8 Å². The normalized spacial score (nSPS) is 11.2. The lowest BCUT2D eigenvalue weighted by Gasteiger charge is -2.12. The fraction of sp³-hybridized carbons (Fsp3) is 0.400. The highest BCUT2D eigenvalue weighted by molar-refractivity contribution is 5.25. The van der Waals surface area contributed by atoms with Crippen LogP contribution in [0, 0.1) is 6.92 Å². The van der Waals surface area contributed by atoms with Gasteiger partial charge in [-0.25, -0.2) is 0 Å². The third kappa shape index (κ3) is 2.62. The molecule has 0 radical (unpaired) electrons.